The van der Waals surface area contributed by atoms with E-state index in [0.29, 0.717) is 11.3 Å². The summed E-state index contributed by atoms with van der Waals surface area (Å²) in [5.41, 5.74) is 0.367. The maximum atomic E-state index is 9.66. The molecule has 0 heterocycles. The van der Waals surface area contributed by atoms with Gasteiger partial charge in [-0.25, -0.2) is 0 Å². The zero-order valence-corrected chi connectivity index (χ0v) is 9.28. The van der Waals surface area contributed by atoms with Gasteiger partial charge in [-0.15, -0.1) is 6.58 Å². The first-order chi connectivity index (χ1) is 6.60. The summed E-state index contributed by atoms with van der Waals surface area (Å²) in [6.45, 7) is 3.45. The summed E-state index contributed by atoms with van der Waals surface area (Å²) >= 11 is 3.25. The third kappa shape index (κ3) is 2.08. The van der Waals surface area contributed by atoms with E-state index in [1.807, 2.05) is 0 Å². The molecule has 3 nitrogen and oxygen atoms in total. The van der Waals surface area contributed by atoms with Gasteiger partial charge in [-0.05, 0) is 12.1 Å². The second-order valence-corrected chi connectivity index (χ2v) is 3.64. The van der Waals surface area contributed by atoms with Crippen molar-refractivity contribution in [3.8, 4) is 11.5 Å². The summed E-state index contributed by atoms with van der Waals surface area (Å²) in [5, 5.41) is 19.2. The van der Waals surface area contributed by atoms with Gasteiger partial charge in [0.1, 0.15) is 6.10 Å². The lowest BCUT2D eigenvalue weighted by Gasteiger charge is -2.12. The molecule has 0 saturated carbocycles. The Labute approximate surface area is 90.8 Å². The molecule has 1 rings (SSSR count). The molecule has 0 fully saturated rings. The summed E-state index contributed by atoms with van der Waals surface area (Å²) < 4.78 is 5.66. The Morgan fingerprint density at radius 3 is 2.71 bits per heavy atom. The lowest BCUT2D eigenvalue weighted by molar-refractivity contribution is 0.222. The van der Waals surface area contributed by atoms with Gasteiger partial charge in [0.15, 0.2) is 11.5 Å². The maximum absolute atomic E-state index is 9.66. The van der Waals surface area contributed by atoms with Crippen LogP contribution in [0, 0.1) is 0 Å². The molecular weight excluding hydrogens is 248 g/mol. The highest BCUT2D eigenvalue weighted by atomic mass is 79.9. The minimum Gasteiger partial charge on any atom is -0.504 e. The second kappa shape index (κ2) is 4.48. The van der Waals surface area contributed by atoms with Crippen molar-refractivity contribution in [2.45, 2.75) is 6.10 Å². The number of benzene rings is 1. The third-order valence-corrected chi connectivity index (χ3v) is 2.29. The number of hydrogen-bond donors (Lipinski definition) is 2. The summed E-state index contributed by atoms with van der Waals surface area (Å²) in [6, 6.07) is 3.23. The molecule has 1 aromatic rings. The normalized spacial score (nSPS) is 12.2. The standard InChI is InChI=1S/C10H11BrO3/c1-3-8(12)7-4-6(11)5-9(14-2)10(7)13/h3-5,8,12-13H,1H2,2H3. The van der Waals surface area contributed by atoms with Crippen molar-refractivity contribution in [1.82, 2.24) is 0 Å². The minimum absolute atomic E-state index is 0.0666. The molecular formula is C10H11BrO3. The van der Waals surface area contributed by atoms with E-state index in [4.69, 9.17) is 4.74 Å². The Morgan fingerprint density at radius 2 is 2.21 bits per heavy atom. The number of halogens is 1. The van der Waals surface area contributed by atoms with Gasteiger partial charge < -0.3 is 14.9 Å². The Morgan fingerprint density at radius 1 is 1.57 bits per heavy atom. The minimum atomic E-state index is -0.901. The monoisotopic (exact) mass is 258 g/mol. The van der Waals surface area contributed by atoms with Crippen LogP contribution in [0.5, 0.6) is 11.5 Å². The summed E-state index contributed by atoms with van der Waals surface area (Å²) in [5.74, 6) is 0.248. The van der Waals surface area contributed by atoms with Gasteiger partial charge in [-0.3, -0.25) is 0 Å². The van der Waals surface area contributed by atoms with Crippen LogP contribution in [0.1, 0.15) is 11.7 Å². The molecule has 1 unspecified atom stereocenters. The molecule has 0 aliphatic carbocycles. The van der Waals surface area contributed by atoms with Gasteiger partial charge in [0, 0.05) is 10.0 Å². The molecule has 0 radical (unpaired) electrons. The van der Waals surface area contributed by atoms with Crippen LogP contribution in [0.15, 0.2) is 29.3 Å². The van der Waals surface area contributed by atoms with Crippen molar-refractivity contribution in [2.75, 3.05) is 7.11 Å². The molecule has 2 N–H and O–H groups in total. The van der Waals surface area contributed by atoms with Crippen LogP contribution in [-0.2, 0) is 0 Å². The Balaban J connectivity index is 3.28. The predicted octanol–water partition coefficient (Wildman–Crippen LogP) is 2.38. The molecule has 0 aliphatic heterocycles. The van der Waals surface area contributed by atoms with Gasteiger partial charge in [0.05, 0.1) is 7.11 Å². The highest BCUT2D eigenvalue weighted by molar-refractivity contribution is 9.10. The molecule has 0 bridgehead atoms. The molecule has 0 amide bonds. The zero-order chi connectivity index (χ0) is 10.7. The van der Waals surface area contributed by atoms with Crippen LogP contribution in [0.25, 0.3) is 0 Å². The first-order valence-corrected chi connectivity index (χ1v) is 4.76. The number of ether oxygens (including phenoxy) is 1. The Bertz CT molecular complexity index is 349. The molecule has 0 spiro atoms. The number of phenols is 1. The number of methoxy groups -OCH3 is 1. The third-order valence-electron chi connectivity index (χ3n) is 1.83. The van der Waals surface area contributed by atoms with Crippen molar-refractivity contribution in [3.05, 3.63) is 34.8 Å². The quantitative estimate of drug-likeness (QED) is 0.819. The van der Waals surface area contributed by atoms with Gasteiger partial charge in [0.25, 0.3) is 0 Å². The number of hydrogen-bond acceptors (Lipinski definition) is 3. The van der Waals surface area contributed by atoms with Crippen LogP contribution in [-0.4, -0.2) is 17.3 Å². The largest absolute Gasteiger partial charge is 0.504 e. The van der Waals surface area contributed by atoms with E-state index in [1.165, 1.54) is 13.2 Å². The fraction of sp³-hybridized carbons (Fsp3) is 0.200. The number of aliphatic hydroxyl groups excluding tert-OH is 1. The van der Waals surface area contributed by atoms with Crippen LogP contribution in [0.2, 0.25) is 0 Å². The van der Waals surface area contributed by atoms with Gasteiger partial charge in [0.2, 0.25) is 0 Å². The van der Waals surface area contributed by atoms with Crippen LogP contribution >= 0.6 is 15.9 Å². The summed E-state index contributed by atoms with van der Waals surface area (Å²) in [7, 11) is 1.45. The highest BCUT2D eigenvalue weighted by Gasteiger charge is 2.14. The van der Waals surface area contributed by atoms with Crippen LogP contribution < -0.4 is 4.74 Å². The van der Waals surface area contributed by atoms with Crippen LogP contribution in [0.3, 0.4) is 0 Å². The first kappa shape index (κ1) is 11.1. The van der Waals surface area contributed by atoms with E-state index in [1.54, 1.807) is 12.1 Å². The fourth-order valence-electron chi connectivity index (χ4n) is 1.10. The Hall–Kier alpha value is -1.00. The Kier molecular flexibility index (Phi) is 3.55. The second-order valence-electron chi connectivity index (χ2n) is 2.73. The van der Waals surface area contributed by atoms with Gasteiger partial charge >= 0.3 is 0 Å². The maximum Gasteiger partial charge on any atom is 0.163 e. The lowest BCUT2D eigenvalue weighted by Crippen LogP contribution is -1.95. The smallest absolute Gasteiger partial charge is 0.163 e. The predicted molar refractivity (Wildman–Crippen MR) is 57.5 cm³/mol. The number of phenolic OH excluding ortho intramolecular Hbond substituents is 1. The molecule has 1 atom stereocenters. The van der Waals surface area contributed by atoms with Crippen molar-refractivity contribution < 1.29 is 14.9 Å². The molecule has 76 valence electrons. The lowest BCUT2D eigenvalue weighted by atomic mass is 10.1. The average molecular weight is 259 g/mol. The molecule has 4 heteroatoms. The molecule has 14 heavy (non-hydrogen) atoms. The highest BCUT2D eigenvalue weighted by Crippen LogP contribution is 2.37. The van der Waals surface area contributed by atoms with Gasteiger partial charge in [-0.2, -0.15) is 0 Å². The van der Waals surface area contributed by atoms with Crippen molar-refractivity contribution in [1.29, 1.82) is 0 Å². The average Bonchev–Trinajstić information content (AvgIpc) is 2.19. The van der Waals surface area contributed by atoms with E-state index in [9.17, 15) is 10.2 Å². The molecule has 0 saturated heterocycles. The molecule has 0 aliphatic rings. The zero-order valence-electron chi connectivity index (χ0n) is 7.70. The fourth-order valence-corrected chi connectivity index (χ4v) is 1.56. The van der Waals surface area contributed by atoms with Gasteiger partial charge in [-0.1, -0.05) is 22.0 Å². The molecule has 0 aromatic heterocycles. The van der Waals surface area contributed by atoms with Crippen molar-refractivity contribution in [3.63, 3.8) is 0 Å². The number of aromatic hydroxyl groups is 1. The van der Waals surface area contributed by atoms with Crippen molar-refractivity contribution >= 4 is 15.9 Å². The van der Waals surface area contributed by atoms with E-state index in [2.05, 4.69) is 22.5 Å². The molecule has 1 aromatic carbocycles. The van der Waals surface area contributed by atoms with E-state index < -0.39 is 6.10 Å². The number of rotatable bonds is 3. The van der Waals surface area contributed by atoms with E-state index in [0.717, 1.165) is 4.47 Å². The van der Waals surface area contributed by atoms with Crippen molar-refractivity contribution in [2.24, 2.45) is 0 Å². The SMILES string of the molecule is C=CC(O)c1cc(Br)cc(OC)c1O. The number of aliphatic hydroxyl groups is 1. The summed E-state index contributed by atoms with van der Waals surface area (Å²) in [6.07, 6.45) is 0.433. The van der Waals surface area contributed by atoms with Crippen LogP contribution in [0.4, 0.5) is 0 Å². The van der Waals surface area contributed by atoms with E-state index >= 15 is 0 Å². The summed E-state index contributed by atoms with van der Waals surface area (Å²) in [4.78, 5) is 0. The topological polar surface area (TPSA) is 49.7 Å². The first-order valence-electron chi connectivity index (χ1n) is 3.97. The van der Waals surface area contributed by atoms with E-state index in [-0.39, 0.29) is 5.75 Å².